The molecule has 0 aliphatic carbocycles. The number of hydrogen-bond donors (Lipinski definition) is 1. The monoisotopic (exact) mass is 410 g/mol. The van der Waals surface area contributed by atoms with Gasteiger partial charge in [0.25, 0.3) is 10.0 Å². The van der Waals surface area contributed by atoms with Gasteiger partial charge in [-0.3, -0.25) is 4.79 Å². The summed E-state index contributed by atoms with van der Waals surface area (Å²) in [5.74, 6) is -0.538. The van der Waals surface area contributed by atoms with Gasteiger partial charge in [0.15, 0.2) is 0 Å². The first-order chi connectivity index (χ1) is 12.8. The minimum absolute atomic E-state index is 0.0146. The van der Waals surface area contributed by atoms with E-state index in [1.165, 1.54) is 19.2 Å². The third-order valence-electron chi connectivity index (χ3n) is 3.70. The van der Waals surface area contributed by atoms with Gasteiger partial charge in [-0.2, -0.15) is 8.42 Å². The van der Waals surface area contributed by atoms with Crippen LogP contribution in [-0.4, -0.2) is 44.5 Å². The summed E-state index contributed by atoms with van der Waals surface area (Å²) >= 11 is 0. The van der Waals surface area contributed by atoms with Gasteiger partial charge in [-0.05, 0) is 31.2 Å². The standard InChI is InChI=1S/C18H22N2O5S2/c1-15-8-10-17(11-9-15)27(23,24)20-26(22,16-6-4-3-5-7-16)13-12-19-14-18(21)25-2/h3-11,19H,12-14H2,1-2H3. The fraction of sp³-hybridized carbons (Fsp3) is 0.278. The van der Waals surface area contributed by atoms with Crippen molar-refractivity contribution in [3.05, 3.63) is 60.2 Å². The lowest BCUT2D eigenvalue weighted by atomic mass is 10.2. The molecule has 0 amide bonds. The van der Waals surface area contributed by atoms with E-state index in [0.29, 0.717) is 4.90 Å². The Balaban J connectivity index is 2.37. The first-order valence-corrected chi connectivity index (χ1v) is 11.3. The van der Waals surface area contributed by atoms with Gasteiger partial charge in [0.05, 0.1) is 28.3 Å². The zero-order valence-corrected chi connectivity index (χ0v) is 16.8. The number of sulfonamides is 1. The first kappa shape index (κ1) is 21.1. The Labute approximate surface area is 160 Å². The minimum Gasteiger partial charge on any atom is -0.468 e. The maximum atomic E-state index is 13.5. The molecule has 0 aliphatic heterocycles. The molecule has 1 atom stereocenters. The zero-order chi connectivity index (χ0) is 19.9. The molecule has 0 bridgehead atoms. The van der Waals surface area contributed by atoms with E-state index in [0.717, 1.165) is 5.56 Å². The van der Waals surface area contributed by atoms with Crippen LogP contribution in [0.1, 0.15) is 5.56 Å². The van der Waals surface area contributed by atoms with Crippen LogP contribution in [0.15, 0.2) is 68.2 Å². The lowest BCUT2D eigenvalue weighted by molar-refractivity contribution is -0.139. The van der Waals surface area contributed by atoms with Crippen molar-refractivity contribution < 1.29 is 22.2 Å². The Hall–Kier alpha value is -2.23. The van der Waals surface area contributed by atoms with Crippen LogP contribution >= 0.6 is 0 Å². The fourth-order valence-electron chi connectivity index (χ4n) is 2.22. The van der Waals surface area contributed by atoms with Gasteiger partial charge in [-0.15, -0.1) is 3.77 Å². The second-order valence-corrected chi connectivity index (χ2v) is 9.95. The molecule has 1 unspecified atom stereocenters. The second kappa shape index (κ2) is 9.12. The average Bonchev–Trinajstić information content (AvgIpc) is 2.65. The molecule has 0 saturated heterocycles. The van der Waals surface area contributed by atoms with Crippen molar-refractivity contribution >= 4 is 25.7 Å². The summed E-state index contributed by atoms with van der Waals surface area (Å²) in [4.78, 5) is 11.5. The zero-order valence-electron chi connectivity index (χ0n) is 15.1. The highest BCUT2D eigenvalue weighted by Crippen LogP contribution is 2.20. The SMILES string of the molecule is COC(=O)CNCCS(=O)(=NS(=O)(=O)c1ccc(C)cc1)c1ccccc1. The number of nitrogens with zero attached hydrogens (tertiary/aromatic N) is 1. The van der Waals surface area contributed by atoms with Crippen LogP contribution < -0.4 is 5.32 Å². The molecule has 2 rings (SSSR count). The molecule has 1 N–H and O–H groups in total. The summed E-state index contributed by atoms with van der Waals surface area (Å²) in [6, 6.07) is 14.4. The molecule has 0 spiro atoms. The molecular weight excluding hydrogens is 388 g/mol. The third kappa shape index (κ3) is 5.88. The van der Waals surface area contributed by atoms with Crippen LogP contribution in [0.4, 0.5) is 0 Å². The summed E-state index contributed by atoms with van der Waals surface area (Å²) in [6.07, 6.45) is 0. The van der Waals surface area contributed by atoms with Crippen molar-refractivity contribution in [1.29, 1.82) is 0 Å². The normalized spacial score (nSPS) is 13.6. The molecule has 0 aliphatic rings. The van der Waals surface area contributed by atoms with Crippen LogP contribution in [-0.2, 0) is 29.3 Å². The highest BCUT2D eigenvalue weighted by atomic mass is 32.3. The number of aryl methyl sites for hydroxylation is 1. The van der Waals surface area contributed by atoms with Crippen LogP contribution in [0.25, 0.3) is 0 Å². The first-order valence-electron chi connectivity index (χ1n) is 8.17. The largest absolute Gasteiger partial charge is 0.468 e. The Morgan fingerprint density at radius 1 is 1.00 bits per heavy atom. The molecule has 2 aromatic carbocycles. The quantitative estimate of drug-likeness (QED) is 0.527. The number of ether oxygens (including phenoxy) is 1. The van der Waals surface area contributed by atoms with Crippen molar-refractivity contribution in [2.24, 2.45) is 3.77 Å². The van der Waals surface area contributed by atoms with Gasteiger partial charge in [0, 0.05) is 17.2 Å². The highest BCUT2D eigenvalue weighted by molar-refractivity contribution is 8.03. The molecule has 0 fully saturated rings. The second-order valence-electron chi connectivity index (χ2n) is 5.77. The molecule has 146 valence electrons. The van der Waals surface area contributed by atoms with E-state index in [1.54, 1.807) is 42.5 Å². The van der Waals surface area contributed by atoms with E-state index >= 15 is 0 Å². The van der Waals surface area contributed by atoms with Crippen molar-refractivity contribution in [3.63, 3.8) is 0 Å². The summed E-state index contributed by atoms with van der Waals surface area (Å²) in [7, 11) is -6.11. The summed E-state index contributed by atoms with van der Waals surface area (Å²) in [5.41, 5.74) is 0.907. The predicted molar refractivity (Wildman–Crippen MR) is 103 cm³/mol. The van der Waals surface area contributed by atoms with Gasteiger partial charge in [-0.1, -0.05) is 35.9 Å². The minimum atomic E-state index is -4.11. The Morgan fingerprint density at radius 3 is 2.22 bits per heavy atom. The number of methoxy groups -OCH3 is 1. The van der Waals surface area contributed by atoms with Crippen LogP contribution in [0.5, 0.6) is 0 Å². The topological polar surface area (TPSA) is 102 Å². The number of carbonyl (C=O) groups is 1. The smallest absolute Gasteiger partial charge is 0.319 e. The average molecular weight is 411 g/mol. The molecule has 9 heteroatoms. The molecule has 0 heterocycles. The fourth-order valence-corrected chi connectivity index (χ4v) is 6.19. The maximum Gasteiger partial charge on any atom is 0.319 e. The number of benzene rings is 2. The van der Waals surface area contributed by atoms with E-state index in [9.17, 15) is 17.4 Å². The van der Waals surface area contributed by atoms with Gasteiger partial charge in [0.1, 0.15) is 0 Å². The van der Waals surface area contributed by atoms with E-state index in [1.807, 2.05) is 6.92 Å². The van der Waals surface area contributed by atoms with Gasteiger partial charge in [0.2, 0.25) is 0 Å². The predicted octanol–water partition coefficient (Wildman–Crippen LogP) is 1.97. The molecular formula is C18H22N2O5S2. The summed E-state index contributed by atoms with van der Waals surface area (Å²) < 4.78 is 47.1. The Bertz CT molecular complexity index is 994. The summed E-state index contributed by atoms with van der Waals surface area (Å²) in [6.45, 7) is 1.91. The number of esters is 1. The van der Waals surface area contributed by atoms with Gasteiger partial charge >= 0.3 is 5.97 Å². The Kier molecular flexibility index (Phi) is 7.11. The van der Waals surface area contributed by atoms with E-state index in [4.69, 9.17) is 0 Å². The van der Waals surface area contributed by atoms with Crippen LogP contribution in [0.3, 0.4) is 0 Å². The molecule has 7 nitrogen and oxygen atoms in total. The van der Waals surface area contributed by atoms with Crippen LogP contribution in [0.2, 0.25) is 0 Å². The molecule has 27 heavy (non-hydrogen) atoms. The molecule has 0 saturated carbocycles. The van der Waals surface area contributed by atoms with E-state index < -0.39 is 25.7 Å². The van der Waals surface area contributed by atoms with E-state index in [-0.39, 0.29) is 23.7 Å². The Morgan fingerprint density at radius 2 is 1.63 bits per heavy atom. The maximum absolute atomic E-state index is 13.5. The number of rotatable bonds is 8. The third-order valence-corrected chi connectivity index (χ3v) is 8.08. The van der Waals surface area contributed by atoms with Gasteiger partial charge in [-0.25, -0.2) is 4.21 Å². The van der Waals surface area contributed by atoms with E-state index in [2.05, 4.69) is 13.8 Å². The number of hydrogen-bond acceptors (Lipinski definition) is 6. The summed E-state index contributed by atoms with van der Waals surface area (Å²) in [5, 5.41) is 2.79. The number of carbonyl (C=O) groups excluding carboxylic acids is 1. The van der Waals surface area contributed by atoms with Crippen molar-refractivity contribution in [1.82, 2.24) is 5.32 Å². The molecule has 0 radical (unpaired) electrons. The highest BCUT2D eigenvalue weighted by Gasteiger charge is 2.20. The lowest BCUT2D eigenvalue weighted by Gasteiger charge is -2.11. The van der Waals surface area contributed by atoms with Crippen molar-refractivity contribution in [3.8, 4) is 0 Å². The molecule has 0 aromatic heterocycles. The van der Waals surface area contributed by atoms with Crippen molar-refractivity contribution in [2.45, 2.75) is 16.7 Å². The molecule has 2 aromatic rings. The lowest BCUT2D eigenvalue weighted by Crippen LogP contribution is -2.29. The van der Waals surface area contributed by atoms with Crippen LogP contribution in [0, 0.1) is 6.92 Å². The van der Waals surface area contributed by atoms with Crippen molar-refractivity contribution in [2.75, 3.05) is 26.0 Å². The van der Waals surface area contributed by atoms with Gasteiger partial charge < -0.3 is 10.1 Å². The number of nitrogens with one attached hydrogen (secondary N) is 1.